The van der Waals surface area contributed by atoms with Gasteiger partial charge in [0, 0.05) is 5.92 Å². The van der Waals surface area contributed by atoms with Crippen LogP contribution in [0.4, 0.5) is 0 Å². The number of carbonyl (C=O) groups excluding carboxylic acids is 1. The van der Waals surface area contributed by atoms with Crippen molar-refractivity contribution in [1.82, 2.24) is 0 Å². The van der Waals surface area contributed by atoms with Crippen molar-refractivity contribution in [2.45, 2.75) is 108 Å². The van der Waals surface area contributed by atoms with E-state index in [9.17, 15) is 9.90 Å². The summed E-state index contributed by atoms with van der Waals surface area (Å²) in [6, 6.07) is 0. The maximum absolute atomic E-state index is 12.6. The normalized spacial score (nSPS) is 20.1. The predicted molar refractivity (Wildman–Crippen MR) is 120 cm³/mol. The van der Waals surface area contributed by atoms with Crippen molar-refractivity contribution >= 4 is 5.97 Å². The smallest absolute Gasteiger partial charge is 0.309 e. The lowest BCUT2D eigenvalue weighted by Crippen LogP contribution is -2.40. The van der Waals surface area contributed by atoms with Crippen LogP contribution in [0.15, 0.2) is 11.1 Å². The SMILES string of the molecule is CC[C@H](C)C(C)(C)[C@@H](O)[C@@H](C)/C(C)=C(\C)[C@H](C)OC(=O)C(C)[C@@H](C)CC(C)C. The molecule has 1 unspecified atom stereocenters. The summed E-state index contributed by atoms with van der Waals surface area (Å²) in [5.41, 5.74) is 1.99. The topological polar surface area (TPSA) is 46.5 Å². The Morgan fingerprint density at radius 1 is 0.929 bits per heavy atom. The molecule has 1 N–H and O–H groups in total. The summed E-state index contributed by atoms with van der Waals surface area (Å²) in [5.74, 6) is 1.09. The highest BCUT2D eigenvalue weighted by molar-refractivity contribution is 5.72. The van der Waals surface area contributed by atoms with Gasteiger partial charge in [-0.25, -0.2) is 0 Å². The zero-order chi connectivity index (χ0) is 22.4. The van der Waals surface area contributed by atoms with E-state index in [2.05, 4.69) is 62.3 Å². The molecule has 6 atom stereocenters. The molecule has 3 nitrogen and oxygen atoms in total. The number of carbonyl (C=O) groups is 1. The van der Waals surface area contributed by atoms with E-state index in [1.54, 1.807) is 0 Å². The fraction of sp³-hybridized carbons (Fsp3) is 0.880. The Bertz CT molecular complexity index is 518. The quantitative estimate of drug-likeness (QED) is 0.314. The number of aliphatic hydroxyl groups is 1. The monoisotopic (exact) mass is 396 g/mol. The van der Waals surface area contributed by atoms with E-state index < -0.39 is 6.10 Å². The van der Waals surface area contributed by atoms with Gasteiger partial charge in [-0.05, 0) is 55.9 Å². The molecule has 0 bridgehead atoms. The lowest BCUT2D eigenvalue weighted by molar-refractivity contribution is -0.152. The molecule has 0 aliphatic carbocycles. The molecule has 0 heterocycles. The van der Waals surface area contributed by atoms with Crippen molar-refractivity contribution in [1.29, 1.82) is 0 Å². The van der Waals surface area contributed by atoms with E-state index in [1.807, 2.05) is 20.8 Å². The van der Waals surface area contributed by atoms with E-state index in [-0.39, 0.29) is 29.3 Å². The van der Waals surface area contributed by atoms with Crippen molar-refractivity contribution in [3.8, 4) is 0 Å². The molecule has 0 radical (unpaired) electrons. The Morgan fingerprint density at radius 3 is 1.86 bits per heavy atom. The fourth-order valence-corrected chi connectivity index (χ4v) is 3.93. The maximum atomic E-state index is 12.6. The zero-order valence-corrected chi connectivity index (χ0v) is 20.7. The average Bonchev–Trinajstić information content (AvgIpc) is 2.62. The third-order valence-electron chi connectivity index (χ3n) is 7.39. The van der Waals surface area contributed by atoms with Gasteiger partial charge in [0.05, 0.1) is 12.0 Å². The Labute approximate surface area is 175 Å². The van der Waals surface area contributed by atoms with Crippen LogP contribution >= 0.6 is 0 Å². The minimum absolute atomic E-state index is 0.0161. The number of rotatable bonds is 11. The van der Waals surface area contributed by atoms with E-state index in [1.165, 1.54) is 0 Å². The minimum atomic E-state index is -0.440. The summed E-state index contributed by atoms with van der Waals surface area (Å²) in [7, 11) is 0. The molecular weight excluding hydrogens is 348 g/mol. The number of hydrogen-bond acceptors (Lipinski definition) is 3. The van der Waals surface area contributed by atoms with Crippen LogP contribution in [-0.2, 0) is 9.53 Å². The standard InChI is InChI=1S/C25H48O3/c1-13-17(5)25(11,12)23(26)21(9)19(7)20(8)22(10)28-24(27)18(6)16(4)14-15(2)3/h15-18,21-23,26H,13-14H2,1-12H3/b20-19+/t16-,17-,18?,21-,22-,23-/m0/s1. The molecule has 0 aromatic carbocycles. The van der Waals surface area contributed by atoms with Gasteiger partial charge < -0.3 is 9.84 Å². The Morgan fingerprint density at radius 2 is 1.43 bits per heavy atom. The molecule has 0 aliphatic rings. The summed E-state index contributed by atoms with van der Waals surface area (Å²) >= 11 is 0. The Balaban J connectivity index is 5.23. The van der Waals surface area contributed by atoms with E-state index in [0.717, 1.165) is 24.0 Å². The van der Waals surface area contributed by atoms with Crippen LogP contribution in [0, 0.1) is 35.0 Å². The van der Waals surface area contributed by atoms with E-state index in [4.69, 9.17) is 4.74 Å². The van der Waals surface area contributed by atoms with Gasteiger partial charge >= 0.3 is 5.97 Å². The number of ether oxygens (including phenoxy) is 1. The highest BCUT2D eigenvalue weighted by atomic mass is 16.5. The second-order valence-electron chi connectivity index (χ2n) is 10.2. The highest BCUT2D eigenvalue weighted by Crippen LogP contribution is 2.38. The Hall–Kier alpha value is -0.830. The second kappa shape index (κ2) is 11.4. The molecule has 28 heavy (non-hydrogen) atoms. The number of hydrogen-bond donors (Lipinski definition) is 1. The van der Waals surface area contributed by atoms with Crippen LogP contribution in [0.1, 0.15) is 95.9 Å². The minimum Gasteiger partial charge on any atom is -0.458 e. The number of aliphatic hydroxyl groups excluding tert-OH is 1. The molecule has 0 spiro atoms. The van der Waals surface area contributed by atoms with Gasteiger partial charge in [0.2, 0.25) is 0 Å². The van der Waals surface area contributed by atoms with Crippen molar-refractivity contribution in [3.63, 3.8) is 0 Å². The van der Waals surface area contributed by atoms with Gasteiger partial charge in [0.1, 0.15) is 6.10 Å². The van der Waals surface area contributed by atoms with Gasteiger partial charge in [0.15, 0.2) is 0 Å². The molecule has 0 saturated carbocycles. The van der Waals surface area contributed by atoms with Gasteiger partial charge in [-0.1, -0.05) is 74.3 Å². The van der Waals surface area contributed by atoms with Gasteiger partial charge in [0.25, 0.3) is 0 Å². The molecule has 0 rings (SSSR count). The second-order valence-corrected chi connectivity index (χ2v) is 10.2. The van der Waals surface area contributed by atoms with Crippen LogP contribution in [0.2, 0.25) is 0 Å². The largest absolute Gasteiger partial charge is 0.458 e. The summed E-state index contributed by atoms with van der Waals surface area (Å²) in [6.45, 7) is 25.2. The molecule has 0 amide bonds. The highest BCUT2D eigenvalue weighted by Gasteiger charge is 2.37. The fourth-order valence-electron chi connectivity index (χ4n) is 3.93. The summed E-state index contributed by atoms with van der Waals surface area (Å²) in [4.78, 5) is 12.6. The molecule has 0 saturated heterocycles. The van der Waals surface area contributed by atoms with Crippen LogP contribution < -0.4 is 0 Å². The molecule has 0 fully saturated rings. The summed E-state index contributed by atoms with van der Waals surface area (Å²) in [6.07, 6.45) is 1.35. The molecular formula is C25H48O3. The zero-order valence-electron chi connectivity index (χ0n) is 20.7. The first kappa shape index (κ1) is 27.2. The van der Waals surface area contributed by atoms with E-state index >= 15 is 0 Å². The van der Waals surface area contributed by atoms with Gasteiger partial charge in [-0.15, -0.1) is 0 Å². The van der Waals surface area contributed by atoms with E-state index in [0.29, 0.717) is 17.8 Å². The van der Waals surface area contributed by atoms with Crippen molar-refractivity contribution in [2.75, 3.05) is 0 Å². The Kier molecular flexibility index (Phi) is 11.0. The van der Waals surface area contributed by atoms with Crippen LogP contribution in [-0.4, -0.2) is 23.3 Å². The first-order valence-electron chi connectivity index (χ1n) is 11.2. The molecule has 166 valence electrons. The van der Waals surface area contributed by atoms with Crippen LogP contribution in [0.3, 0.4) is 0 Å². The lowest BCUT2D eigenvalue weighted by Gasteiger charge is -2.40. The van der Waals surface area contributed by atoms with Crippen molar-refractivity contribution < 1.29 is 14.6 Å². The van der Waals surface area contributed by atoms with Crippen molar-refractivity contribution in [3.05, 3.63) is 11.1 Å². The molecule has 0 aliphatic heterocycles. The van der Waals surface area contributed by atoms with Gasteiger partial charge in [-0.2, -0.15) is 0 Å². The molecule has 0 aromatic heterocycles. The predicted octanol–water partition coefficient (Wildman–Crippen LogP) is 6.64. The van der Waals surface area contributed by atoms with Gasteiger partial charge in [-0.3, -0.25) is 4.79 Å². The first-order valence-corrected chi connectivity index (χ1v) is 11.2. The maximum Gasteiger partial charge on any atom is 0.309 e. The van der Waals surface area contributed by atoms with Crippen LogP contribution in [0.25, 0.3) is 0 Å². The summed E-state index contributed by atoms with van der Waals surface area (Å²) in [5, 5.41) is 11.0. The lowest BCUT2D eigenvalue weighted by atomic mass is 9.69. The molecule has 3 heteroatoms. The third kappa shape index (κ3) is 7.21. The molecule has 0 aromatic rings. The number of esters is 1. The average molecular weight is 397 g/mol. The van der Waals surface area contributed by atoms with Crippen LogP contribution in [0.5, 0.6) is 0 Å². The first-order chi connectivity index (χ1) is 12.7. The summed E-state index contributed by atoms with van der Waals surface area (Å²) < 4.78 is 5.80. The third-order valence-corrected chi connectivity index (χ3v) is 7.39. The van der Waals surface area contributed by atoms with Crippen molar-refractivity contribution in [2.24, 2.45) is 35.0 Å².